The third kappa shape index (κ3) is 3.14. The van der Waals surface area contributed by atoms with E-state index in [0.717, 1.165) is 22.8 Å². The fraction of sp³-hybridized carbons (Fsp3) is 0.615. The number of hydrogen-bond acceptors (Lipinski definition) is 4. The van der Waals surface area contributed by atoms with Crippen molar-refractivity contribution in [1.82, 2.24) is 4.98 Å². The Labute approximate surface area is 117 Å². The number of nitrogens with two attached hydrogens (primary N) is 1. The Balaban J connectivity index is 2.20. The minimum atomic E-state index is 0.469. The minimum absolute atomic E-state index is 0.469. The Morgan fingerprint density at radius 1 is 1.61 bits per heavy atom. The number of aromatic nitrogens is 1. The Hall–Kier alpha value is -0.810. The molecular formula is C13H20BrN3O. The highest BCUT2D eigenvalue weighted by Gasteiger charge is 2.33. The third-order valence-corrected chi connectivity index (χ3v) is 3.90. The van der Waals surface area contributed by atoms with Gasteiger partial charge >= 0.3 is 0 Å². The molecule has 1 aromatic heterocycles. The molecule has 1 atom stereocenters. The lowest BCUT2D eigenvalue weighted by atomic mass is 10.1. The number of methoxy groups -OCH3 is 1. The van der Waals surface area contributed by atoms with Gasteiger partial charge in [0.2, 0.25) is 0 Å². The van der Waals surface area contributed by atoms with Gasteiger partial charge in [-0.05, 0) is 47.7 Å². The van der Waals surface area contributed by atoms with Gasteiger partial charge in [0.1, 0.15) is 0 Å². The molecule has 18 heavy (non-hydrogen) atoms. The van der Waals surface area contributed by atoms with Crippen LogP contribution in [0.2, 0.25) is 0 Å². The summed E-state index contributed by atoms with van der Waals surface area (Å²) < 4.78 is 6.10. The first-order valence-electron chi connectivity index (χ1n) is 6.30. The van der Waals surface area contributed by atoms with E-state index < -0.39 is 0 Å². The van der Waals surface area contributed by atoms with E-state index in [-0.39, 0.29) is 0 Å². The van der Waals surface area contributed by atoms with E-state index >= 15 is 0 Å². The van der Waals surface area contributed by atoms with Crippen molar-refractivity contribution >= 4 is 27.4 Å². The van der Waals surface area contributed by atoms with Gasteiger partial charge in [0.15, 0.2) is 5.82 Å². The molecule has 0 amide bonds. The van der Waals surface area contributed by atoms with Gasteiger partial charge in [-0.3, -0.25) is 0 Å². The van der Waals surface area contributed by atoms with E-state index in [1.54, 1.807) is 13.3 Å². The summed E-state index contributed by atoms with van der Waals surface area (Å²) in [5.74, 6) is 1.64. The van der Waals surface area contributed by atoms with Crippen LogP contribution in [-0.2, 0) is 4.74 Å². The van der Waals surface area contributed by atoms with Crippen LogP contribution in [0.5, 0.6) is 0 Å². The van der Waals surface area contributed by atoms with Gasteiger partial charge < -0.3 is 15.4 Å². The van der Waals surface area contributed by atoms with Crippen molar-refractivity contribution in [3.8, 4) is 0 Å². The van der Waals surface area contributed by atoms with Crippen molar-refractivity contribution in [2.45, 2.75) is 25.8 Å². The average molecular weight is 314 g/mol. The first-order valence-corrected chi connectivity index (χ1v) is 7.09. The lowest BCUT2D eigenvalue weighted by Gasteiger charge is -2.31. The number of pyridine rings is 1. The SMILES string of the molecule is COCCN(c1ncc(Br)cc1N)C(C)C1CC1. The molecule has 0 aromatic carbocycles. The van der Waals surface area contributed by atoms with Crippen LogP contribution in [0, 0.1) is 5.92 Å². The first-order chi connectivity index (χ1) is 8.63. The number of rotatable bonds is 6. The number of nitrogen functional groups attached to an aromatic ring is 1. The van der Waals surface area contributed by atoms with Crippen molar-refractivity contribution in [3.05, 3.63) is 16.7 Å². The summed E-state index contributed by atoms with van der Waals surface area (Å²) in [4.78, 5) is 6.73. The molecule has 5 heteroatoms. The lowest BCUT2D eigenvalue weighted by molar-refractivity contribution is 0.202. The standard InChI is InChI=1S/C13H20BrN3O/c1-9(10-3-4-10)17(5-6-18-2)13-12(15)7-11(14)8-16-13/h7-10H,3-6,15H2,1-2H3. The van der Waals surface area contributed by atoms with E-state index in [1.807, 2.05) is 6.07 Å². The van der Waals surface area contributed by atoms with Gasteiger partial charge in [-0.1, -0.05) is 0 Å². The molecule has 2 rings (SSSR count). The van der Waals surface area contributed by atoms with Crippen molar-refractivity contribution in [2.24, 2.45) is 5.92 Å². The van der Waals surface area contributed by atoms with Gasteiger partial charge in [0, 0.05) is 30.4 Å². The summed E-state index contributed by atoms with van der Waals surface area (Å²) in [6.45, 7) is 3.76. The summed E-state index contributed by atoms with van der Waals surface area (Å²) >= 11 is 3.39. The average Bonchev–Trinajstić information content (AvgIpc) is 3.15. The molecule has 1 aliphatic rings. The van der Waals surface area contributed by atoms with Crippen LogP contribution >= 0.6 is 15.9 Å². The van der Waals surface area contributed by atoms with E-state index in [1.165, 1.54) is 12.8 Å². The van der Waals surface area contributed by atoms with Crippen molar-refractivity contribution < 1.29 is 4.74 Å². The second-order valence-corrected chi connectivity index (χ2v) is 5.75. The highest BCUT2D eigenvalue weighted by atomic mass is 79.9. The van der Waals surface area contributed by atoms with Crippen LogP contribution in [-0.4, -0.2) is 31.3 Å². The number of ether oxygens (including phenoxy) is 1. The number of hydrogen-bond donors (Lipinski definition) is 1. The summed E-state index contributed by atoms with van der Waals surface area (Å²) in [7, 11) is 1.72. The van der Waals surface area contributed by atoms with Gasteiger partial charge in [-0.15, -0.1) is 0 Å². The van der Waals surface area contributed by atoms with Crippen LogP contribution in [0.1, 0.15) is 19.8 Å². The molecule has 0 spiro atoms. The second kappa shape index (κ2) is 5.89. The van der Waals surface area contributed by atoms with Gasteiger partial charge in [-0.2, -0.15) is 0 Å². The molecule has 100 valence electrons. The molecule has 0 radical (unpaired) electrons. The predicted octanol–water partition coefficient (Wildman–Crippen LogP) is 2.68. The number of anilines is 2. The normalized spacial score (nSPS) is 16.6. The van der Waals surface area contributed by atoms with Crippen molar-refractivity contribution in [1.29, 1.82) is 0 Å². The molecule has 1 heterocycles. The Kier molecular flexibility index (Phi) is 4.45. The maximum absolute atomic E-state index is 6.08. The highest BCUT2D eigenvalue weighted by molar-refractivity contribution is 9.10. The fourth-order valence-electron chi connectivity index (χ4n) is 2.21. The lowest BCUT2D eigenvalue weighted by Crippen LogP contribution is -2.38. The maximum atomic E-state index is 6.08. The van der Waals surface area contributed by atoms with Crippen LogP contribution in [0.15, 0.2) is 16.7 Å². The topological polar surface area (TPSA) is 51.4 Å². The highest BCUT2D eigenvalue weighted by Crippen LogP contribution is 2.37. The maximum Gasteiger partial charge on any atom is 0.152 e. The molecule has 1 fully saturated rings. The quantitative estimate of drug-likeness (QED) is 0.877. The van der Waals surface area contributed by atoms with Crippen LogP contribution in [0.25, 0.3) is 0 Å². The monoisotopic (exact) mass is 313 g/mol. The number of nitrogens with zero attached hydrogens (tertiary/aromatic N) is 2. The molecule has 1 unspecified atom stereocenters. The summed E-state index contributed by atoms with van der Waals surface area (Å²) in [5, 5.41) is 0. The minimum Gasteiger partial charge on any atom is -0.396 e. The zero-order valence-corrected chi connectivity index (χ0v) is 12.5. The zero-order chi connectivity index (χ0) is 13.1. The van der Waals surface area contributed by atoms with Gasteiger partial charge in [0.05, 0.1) is 12.3 Å². The zero-order valence-electron chi connectivity index (χ0n) is 10.9. The Morgan fingerprint density at radius 3 is 2.89 bits per heavy atom. The summed E-state index contributed by atoms with van der Waals surface area (Å²) in [5.41, 5.74) is 6.79. The smallest absolute Gasteiger partial charge is 0.152 e. The van der Waals surface area contributed by atoms with Crippen LogP contribution in [0.4, 0.5) is 11.5 Å². The molecule has 1 aromatic rings. The molecule has 0 aliphatic heterocycles. The van der Waals surface area contributed by atoms with Gasteiger partial charge in [-0.25, -0.2) is 4.98 Å². The Morgan fingerprint density at radius 2 is 2.33 bits per heavy atom. The third-order valence-electron chi connectivity index (χ3n) is 3.47. The van der Waals surface area contributed by atoms with E-state index in [4.69, 9.17) is 10.5 Å². The molecule has 2 N–H and O–H groups in total. The predicted molar refractivity (Wildman–Crippen MR) is 77.8 cm³/mol. The first kappa shape index (κ1) is 13.6. The molecule has 4 nitrogen and oxygen atoms in total. The van der Waals surface area contributed by atoms with E-state index in [9.17, 15) is 0 Å². The molecule has 0 saturated heterocycles. The fourth-order valence-corrected chi connectivity index (χ4v) is 2.56. The van der Waals surface area contributed by atoms with Crippen molar-refractivity contribution in [3.63, 3.8) is 0 Å². The van der Waals surface area contributed by atoms with Gasteiger partial charge in [0.25, 0.3) is 0 Å². The molecule has 0 bridgehead atoms. The van der Waals surface area contributed by atoms with Crippen molar-refractivity contribution in [2.75, 3.05) is 30.9 Å². The second-order valence-electron chi connectivity index (χ2n) is 4.83. The van der Waals surface area contributed by atoms with E-state index in [2.05, 4.69) is 32.7 Å². The van der Waals surface area contributed by atoms with Crippen LogP contribution in [0.3, 0.4) is 0 Å². The number of halogens is 1. The van der Waals surface area contributed by atoms with E-state index in [0.29, 0.717) is 18.3 Å². The molecular weight excluding hydrogens is 294 g/mol. The molecule has 1 aliphatic carbocycles. The summed E-state index contributed by atoms with van der Waals surface area (Å²) in [6.07, 6.45) is 4.41. The Bertz CT molecular complexity index is 409. The van der Waals surface area contributed by atoms with Crippen LogP contribution < -0.4 is 10.6 Å². The molecule has 1 saturated carbocycles. The summed E-state index contributed by atoms with van der Waals surface area (Å²) in [6, 6.07) is 2.37. The largest absolute Gasteiger partial charge is 0.396 e.